The van der Waals surface area contributed by atoms with Crippen LogP contribution in [0.3, 0.4) is 0 Å². The lowest BCUT2D eigenvalue weighted by molar-refractivity contribution is -0.113. The molecule has 0 spiro atoms. The number of nitriles is 1. The highest BCUT2D eigenvalue weighted by atomic mass is 32.2. The minimum Gasteiger partial charge on any atom is -0.444 e. The zero-order chi connectivity index (χ0) is 13.1. The molecule has 0 radical (unpaired) electrons. The van der Waals surface area contributed by atoms with Crippen molar-refractivity contribution in [1.82, 2.24) is 0 Å². The summed E-state index contributed by atoms with van der Waals surface area (Å²) in [4.78, 5) is 23.8. The number of hydrogen-bond donors (Lipinski definition) is 1. The molecule has 18 heavy (non-hydrogen) atoms. The second-order valence-corrected chi connectivity index (χ2v) is 4.74. The van der Waals surface area contributed by atoms with Crippen molar-refractivity contribution in [3.05, 3.63) is 23.8 Å². The van der Waals surface area contributed by atoms with Crippen LogP contribution in [0.1, 0.15) is 17.3 Å². The van der Waals surface area contributed by atoms with Crippen LogP contribution in [0.2, 0.25) is 0 Å². The third-order valence-corrected chi connectivity index (χ3v) is 3.39. The number of ether oxygens (including phenoxy) is 1. The number of amides is 1. The Labute approximate surface area is 108 Å². The van der Waals surface area contributed by atoms with Gasteiger partial charge in [0, 0.05) is 4.90 Å². The normalized spacial score (nSPS) is 15.0. The highest BCUT2D eigenvalue weighted by Crippen LogP contribution is 2.32. The molecule has 0 fully saturated rings. The Morgan fingerprint density at radius 3 is 3.11 bits per heavy atom. The first kappa shape index (κ1) is 12.5. The van der Waals surface area contributed by atoms with Gasteiger partial charge in [-0.3, -0.25) is 4.79 Å². The number of carbonyl (C=O) groups is 2. The van der Waals surface area contributed by atoms with E-state index in [1.165, 1.54) is 18.7 Å². The lowest BCUT2D eigenvalue weighted by Gasteiger charge is -2.16. The molecule has 1 aromatic rings. The molecular formula is C12H10N2O3S. The molecule has 1 aliphatic rings. The van der Waals surface area contributed by atoms with Gasteiger partial charge in [-0.1, -0.05) is 0 Å². The number of nitrogens with zero attached hydrogens (tertiary/aromatic N) is 1. The highest BCUT2D eigenvalue weighted by molar-refractivity contribution is 8.00. The monoisotopic (exact) mass is 262 g/mol. The Hall–Kier alpha value is -2.00. The number of anilines is 1. The van der Waals surface area contributed by atoms with Gasteiger partial charge in [-0.25, -0.2) is 4.79 Å². The van der Waals surface area contributed by atoms with Crippen molar-refractivity contribution in [2.24, 2.45) is 0 Å². The summed E-state index contributed by atoms with van der Waals surface area (Å²) in [6.07, 6.45) is -0.794. The molecule has 6 heteroatoms. The first-order chi connectivity index (χ1) is 8.60. The van der Waals surface area contributed by atoms with Gasteiger partial charge >= 0.3 is 5.97 Å². The molecule has 0 aromatic heterocycles. The summed E-state index contributed by atoms with van der Waals surface area (Å²) in [7, 11) is 0. The minimum absolute atomic E-state index is 0.0941. The average molecular weight is 262 g/mol. The highest BCUT2D eigenvalue weighted by Gasteiger charge is 2.18. The van der Waals surface area contributed by atoms with E-state index >= 15 is 0 Å². The van der Waals surface area contributed by atoms with Crippen LogP contribution in [-0.2, 0) is 9.53 Å². The number of fused-ring (bicyclic) bond motifs is 1. The molecule has 1 amide bonds. The Morgan fingerprint density at radius 2 is 2.39 bits per heavy atom. The van der Waals surface area contributed by atoms with Gasteiger partial charge in [0.05, 0.1) is 17.0 Å². The zero-order valence-electron chi connectivity index (χ0n) is 9.60. The van der Waals surface area contributed by atoms with Crippen molar-refractivity contribution in [2.75, 3.05) is 11.1 Å². The summed E-state index contributed by atoms with van der Waals surface area (Å²) in [6.45, 7) is 1.49. The molecule has 2 rings (SSSR count). The molecule has 0 unspecified atom stereocenters. The van der Waals surface area contributed by atoms with E-state index in [9.17, 15) is 9.59 Å². The third-order valence-electron chi connectivity index (χ3n) is 2.31. The molecule has 1 heterocycles. The first-order valence-corrected chi connectivity index (χ1v) is 6.26. The van der Waals surface area contributed by atoms with Crippen LogP contribution in [0, 0.1) is 11.3 Å². The number of esters is 1. The minimum atomic E-state index is -0.794. The van der Waals surface area contributed by atoms with Crippen molar-refractivity contribution < 1.29 is 14.3 Å². The maximum atomic E-state index is 11.7. The van der Waals surface area contributed by atoms with Crippen LogP contribution >= 0.6 is 11.8 Å². The summed E-state index contributed by atoms with van der Waals surface area (Å²) >= 11 is 1.42. The molecule has 1 atom stereocenters. The van der Waals surface area contributed by atoms with Gasteiger partial charge in [0.2, 0.25) is 5.91 Å². The van der Waals surface area contributed by atoms with E-state index in [-0.39, 0.29) is 5.91 Å². The molecule has 0 bridgehead atoms. The maximum absolute atomic E-state index is 11.7. The lowest BCUT2D eigenvalue weighted by Crippen LogP contribution is -2.19. The molecule has 1 aliphatic heterocycles. The Bertz CT molecular complexity index is 551. The lowest BCUT2D eigenvalue weighted by atomic mass is 10.2. The van der Waals surface area contributed by atoms with Crippen LogP contribution in [0.15, 0.2) is 23.1 Å². The summed E-state index contributed by atoms with van der Waals surface area (Å²) in [5.74, 6) is -0.289. The molecule has 0 saturated carbocycles. The Morgan fingerprint density at radius 1 is 1.61 bits per heavy atom. The fourth-order valence-corrected chi connectivity index (χ4v) is 2.25. The van der Waals surface area contributed by atoms with E-state index in [4.69, 9.17) is 10.00 Å². The maximum Gasteiger partial charge on any atom is 0.339 e. The fraction of sp³-hybridized carbons (Fsp3) is 0.250. The first-order valence-electron chi connectivity index (χ1n) is 5.27. The van der Waals surface area contributed by atoms with Gasteiger partial charge in [0.25, 0.3) is 0 Å². The average Bonchev–Trinajstić information content (AvgIpc) is 2.37. The van der Waals surface area contributed by atoms with E-state index in [0.717, 1.165) is 4.90 Å². The van der Waals surface area contributed by atoms with Crippen LogP contribution in [0.4, 0.5) is 5.69 Å². The van der Waals surface area contributed by atoms with E-state index in [2.05, 4.69) is 5.32 Å². The predicted octanol–water partition coefficient (Wildman–Crippen LogP) is 1.80. The quantitative estimate of drug-likeness (QED) is 0.822. The molecule has 1 N–H and O–H groups in total. The molecular weight excluding hydrogens is 252 g/mol. The van der Waals surface area contributed by atoms with Crippen molar-refractivity contribution in [1.29, 1.82) is 5.26 Å². The number of thioether (sulfide) groups is 1. The Balaban J connectivity index is 2.21. The molecule has 0 saturated heterocycles. The van der Waals surface area contributed by atoms with Gasteiger partial charge < -0.3 is 10.1 Å². The largest absolute Gasteiger partial charge is 0.444 e. The van der Waals surface area contributed by atoms with Crippen molar-refractivity contribution in [3.8, 4) is 6.07 Å². The SMILES string of the molecule is C[C@H](C#N)OC(=O)c1ccc2c(c1)NC(=O)CS2. The number of rotatable bonds is 2. The van der Waals surface area contributed by atoms with Gasteiger partial charge in [0.15, 0.2) is 6.10 Å². The summed E-state index contributed by atoms with van der Waals surface area (Å²) < 4.78 is 4.88. The van der Waals surface area contributed by atoms with Crippen LogP contribution in [0.25, 0.3) is 0 Å². The van der Waals surface area contributed by atoms with E-state index < -0.39 is 12.1 Å². The number of hydrogen-bond acceptors (Lipinski definition) is 5. The van der Waals surface area contributed by atoms with E-state index in [1.54, 1.807) is 18.2 Å². The number of carbonyl (C=O) groups excluding carboxylic acids is 2. The Kier molecular flexibility index (Phi) is 3.53. The zero-order valence-corrected chi connectivity index (χ0v) is 10.4. The van der Waals surface area contributed by atoms with Gasteiger partial charge in [0.1, 0.15) is 6.07 Å². The number of nitrogens with one attached hydrogen (secondary N) is 1. The van der Waals surface area contributed by atoms with Gasteiger partial charge in [-0.05, 0) is 25.1 Å². The van der Waals surface area contributed by atoms with Crippen molar-refractivity contribution in [2.45, 2.75) is 17.9 Å². The fourth-order valence-electron chi connectivity index (χ4n) is 1.47. The van der Waals surface area contributed by atoms with Crippen LogP contribution in [-0.4, -0.2) is 23.7 Å². The predicted molar refractivity (Wildman–Crippen MR) is 66.3 cm³/mol. The van der Waals surface area contributed by atoms with Crippen molar-refractivity contribution >= 4 is 29.3 Å². The molecule has 5 nitrogen and oxygen atoms in total. The van der Waals surface area contributed by atoms with E-state index in [1.807, 2.05) is 6.07 Å². The summed E-state index contributed by atoms with van der Waals surface area (Å²) in [5.41, 5.74) is 0.925. The molecule has 1 aromatic carbocycles. The second-order valence-electron chi connectivity index (χ2n) is 3.72. The van der Waals surface area contributed by atoms with E-state index in [0.29, 0.717) is 17.0 Å². The number of benzene rings is 1. The smallest absolute Gasteiger partial charge is 0.339 e. The molecule has 0 aliphatic carbocycles. The van der Waals surface area contributed by atoms with Gasteiger partial charge in [-0.15, -0.1) is 11.8 Å². The van der Waals surface area contributed by atoms with Gasteiger partial charge in [-0.2, -0.15) is 5.26 Å². The topological polar surface area (TPSA) is 79.2 Å². The second kappa shape index (κ2) is 5.10. The summed E-state index contributed by atoms with van der Waals surface area (Å²) in [5, 5.41) is 11.3. The van der Waals surface area contributed by atoms with Crippen LogP contribution < -0.4 is 5.32 Å². The molecule has 92 valence electrons. The standard InChI is InChI=1S/C12H10N2O3S/c1-7(5-13)17-12(16)8-2-3-10-9(4-8)14-11(15)6-18-10/h2-4,7H,6H2,1H3,(H,14,15)/t7-/m1/s1. The summed E-state index contributed by atoms with van der Waals surface area (Å²) in [6, 6.07) is 6.76. The van der Waals surface area contributed by atoms with Crippen molar-refractivity contribution in [3.63, 3.8) is 0 Å². The third kappa shape index (κ3) is 2.63. The van der Waals surface area contributed by atoms with Crippen LogP contribution in [0.5, 0.6) is 0 Å².